The normalized spacial score (nSPS) is 15.9. The zero-order chi connectivity index (χ0) is 17.6. The maximum Gasteiger partial charge on any atom is 0.264 e. The van der Waals surface area contributed by atoms with E-state index in [-0.39, 0.29) is 5.91 Å². The first kappa shape index (κ1) is 16.8. The van der Waals surface area contributed by atoms with Crippen LogP contribution in [0.1, 0.15) is 17.5 Å². The lowest BCUT2D eigenvalue weighted by atomic mass is 10.0. The number of carbonyl (C=O) groups excluding carboxylic acids is 1. The summed E-state index contributed by atoms with van der Waals surface area (Å²) in [5.74, 6) is 1.16. The Morgan fingerprint density at radius 2 is 2.00 bits per heavy atom. The molecule has 6 nitrogen and oxygen atoms in total. The number of rotatable bonds is 6. The second-order valence-corrected chi connectivity index (χ2v) is 5.61. The van der Waals surface area contributed by atoms with Crippen LogP contribution in [-0.2, 0) is 16.2 Å². The van der Waals surface area contributed by atoms with E-state index < -0.39 is 6.10 Å². The van der Waals surface area contributed by atoms with E-state index in [0.29, 0.717) is 30.2 Å². The van der Waals surface area contributed by atoms with Crippen molar-refractivity contribution in [2.75, 3.05) is 14.2 Å². The number of hydrogen-bond acceptors (Lipinski definition) is 5. The van der Waals surface area contributed by atoms with E-state index in [1.165, 1.54) is 0 Å². The predicted molar refractivity (Wildman–Crippen MR) is 93.9 cm³/mol. The zero-order valence-electron chi connectivity index (χ0n) is 14.2. The van der Waals surface area contributed by atoms with Gasteiger partial charge in [-0.05, 0) is 23.8 Å². The number of oxime groups is 1. The fourth-order valence-electron chi connectivity index (χ4n) is 2.62. The van der Waals surface area contributed by atoms with Crippen LogP contribution in [0.5, 0.6) is 11.5 Å². The van der Waals surface area contributed by atoms with Gasteiger partial charge < -0.3 is 19.6 Å². The summed E-state index contributed by atoms with van der Waals surface area (Å²) >= 11 is 0. The van der Waals surface area contributed by atoms with Crippen molar-refractivity contribution in [1.29, 1.82) is 0 Å². The topological polar surface area (TPSA) is 69.1 Å². The third kappa shape index (κ3) is 3.91. The molecule has 1 amide bonds. The van der Waals surface area contributed by atoms with Crippen molar-refractivity contribution in [2.24, 2.45) is 5.16 Å². The average molecular weight is 340 g/mol. The van der Waals surface area contributed by atoms with Gasteiger partial charge in [0.25, 0.3) is 5.91 Å². The van der Waals surface area contributed by atoms with Crippen molar-refractivity contribution in [1.82, 2.24) is 5.32 Å². The van der Waals surface area contributed by atoms with Gasteiger partial charge in [-0.2, -0.15) is 0 Å². The van der Waals surface area contributed by atoms with Gasteiger partial charge in [-0.15, -0.1) is 0 Å². The minimum Gasteiger partial charge on any atom is -0.497 e. The molecule has 1 heterocycles. The Bertz CT molecular complexity index is 774. The lowest BCUT2D eigenvalue weighted by molar-refractivity contribution is -0.131. The molecular weight excluding hydrogens is 320 g/mol. The van der Waals surface area contributed by atoms with Gasteiger partial charge in [0.05, 0.1) is 19.9 Å². The molecule has 0 unspecified atom stereocenters. The summed E-state index contributed by atoms with van der Waals surface area (Å²) < 4.78 is 10.6. The Morgan fingerprint density at radius 1 is 1.20 bits per heavy atom. The minimum atomic E-state index is -0.644. The van der Waals surface area contributed by atoms with Crippen LogP contribution >= 0.6 is 0 Å². The largest absolute Gasteiger partial charge is 0.497 e. The second-order valence-electron chi connectivity index (χ2n) is 5.61. The van der Waals surface area contributed by atoms with E-state index in [0.717, 1.165) is 11.1 Å². The summed E-state index contributed by atoms with van der Waals surface area (Å²) in [7, 11) is 3.18. The van der Waals surface area contributed by atoms with Crippen LogP contribution in [0.4, 0.5) is 0 Å². The summed E-state index contributed by atoms with van der Waals surface area (Å²) in [6.45, 7) is 0.456. The monoisotopic (exact) mass is 340 g/mol. The molecule has 3 rings (SSSR count). The van der Waals surface area contributed by atoms with Gasteiger partial charge in [-0.25, -0.2) is 0 Å². The van der Waals surface area contributed by atoms with E-state index in [9.17, 15) is 4.79 Å². The van der Waals surface area contributed by atoms with Gasteiger partial charge in [-0.1, -0.05) is 35.5 Å². The van der Waals surface area contributed by atoms with E-state index in [1.54, 1.807) is 20.3 Å². The van der Waals surface area contributed by atoms with Crippen molar-refractivity contribution >= 4 is 11.6 Å². The molecule has 130 valence electrons. The quantitative estimate of drug-likeness (QED) is 0.877. The van der Waals surface area contributed by atoms with Crippen molar-refractivity contribution in [3.8, 4) is 11.5 Å². The number of nitrogens with zero attached hydrogens (tertiary/aromatic N) is 1. The Hall–Kier alpha value is -3.02. The summed E-state index contributed by atoms with van der Waals surface area (Å²) in [6, 6.07) is 15.2. The van der Waals surface area contributed by atoms with Crippen LogP contribution in [0.2, 0.25) is 0 Å². The first-order chi connectivity index (χ1) is 12.2. The maximum atomic E-state index is 12.3. The Kier molecular flexibility index (Phi) is 5.18. The average Bonchev–Trinajstić information content (AvgIpc) is 3.16. The standard InChI is InChI=1S/C19H20N2O4/c1-23-14-8-9-17(24-2)15(10-14)16-11-18(25-21-16)19(22)20-12-13-6-4-3-5-7-13/h3-10,18H,11-12H2,1-2H3,(H,20,22)/t18-/m0/s1. The van der Waals surface area contributed by atoms with Crippen LogP contribution in [-0.4, -0.2) is 31.9 Å². The van der Waals surface area contributed by atoms with Crippen molar-refractivity contribution < 1.29 is 19.1 Å². The number of hydrogen-bond donors (Lipinski definition) is 1. The molecule has 25 heavy (non-hydrogen) atoms. The second kappa shape index (κ2) is 7.70. The molecule has 0 saturated heterocycles. The van der Waals surface area contributed by atoms with E-state index in [1.807, 2.05) is 42.5 Å². The highest BCUT2D eigenvalue weighted by Crippen LogP contribution is 2.28. The van der Waals surface area contributed by atoms with Gasteiger partial charge in [-0.3, -0.25) is 4.79 Å². The molecule has 0 aromatic heterocycles. The van der Waals surface area contributed by atoms with E-state index in [2.05, 4.69) is 10.5 Å². The molecule has 1 aliphatic heterocycles. The molecule has 0 fully saturated rings. The third-order valence-corrected chi connectivity index (χ3v) is 3.99. The fraction of sp³-hybridized carbons (Fsp3) is 0.263. The number of carbonyl (C=O) groups is 1. The molecule has 0 bridgehead atoms. The van der Waals surface area contributed by atoms with Crippen molar-refractivity contribution in [3.63, 3.8) is 0 Å². The number of nitrogens with one attached hydrogen (secondary N) is 1. The van der Waals surface area contributed by atoms with Gasteiger partial charge >= 0.3 is 0 Å². The molecule has 1 aliphatic rings. The van der Waals surface area contributed by atoms with Crippen molar-refractivity contribution in [2.45, 2.75) is 19.1 Å². The smallest absolute Gasteiger partial charge is 0.264 e. The summed E-state index contributed by atoms with van der Waals surface area (Å²) in [4.78, 5) is 17.6. The van der Waals surface area contributed by atoms with Gasteiger partial charge in [0.15, 0.2) is 0 Å². The Morgan fingerprint density at radius 3 is 2.72 bits per heavy atom. The van der Waals surface area contributed by atoms with Crippen LogP contribution in [0, 0.1) is 0 Å². The van der Waals surface area contributed by atoms with Gasteiger partial charge in [0.2, 0.25) is 6.10 Å². The van der Waals surface area contributed by atoms with Crippen LogP contribution < -0.4 is 14.8 Å². The molecule has 2 aromatic carbocycles. The Balaban J connectivity index is 1.64. The highest BCUT2D eigenvalue weighted by atomic mass is 16.6. The molecule has 0 saturated carbocycles. The summed E-state index contributed by atoms with van der Waals surface area (Å²) in [6.07, 6.45) is -0.265. The molecular formula is C19H20N2O4. The highest BCUT2D eigenvalue weighted by Gasteiger charge is 2.30. The third-order valence-electron chi connectivity index (χ3n) is 3.99. The molecule has 6 heteroatoms. The Labute approximate surface area is 146 Å². The van der Waals surface area contributed by atoms with Gasteiger partial charge in [0.1, 0.15) is 11.5 Å². The molecule has 0 spiro atoms. The lowest BCUT2D eigenvalue weighted by Gasteiger charge is -2.11. The first-order valence-electron chi connectivity index (χ1n) is 7.98. The maximum absolute atomic E-state index is 12.3. The van der Waals surface area contributed by atoms with E-state index in [4.69, 9.17) is 14.3 Å². The molecule has 1 N–H and O–H groups in total. The summed E-state index contributed by atoms with van der Waals surface area (Å²) in [5, 5.41) is 6.94. The fourth-order valence-corrected chi connectivity index (χ4v) is 2.62. The minimum absolute atomic E-state index is 0.190. The van der Waals surface area contributed by atoms with Crippen molar-refractivity contribution in [3.05, 3.63) is 59.7 Å². The predicted octanol–water partition coefficient (Wildman–Crippen LogP) is 2.51. The van der Waals surface area contributed by atoms with Crippen LogP contribution in [0.3, 0.4) is 0 Å². The zero-order valence-corrected chi connectivity index (χ0v) is 14.2. The number of benzene rings is 2. The van der Waals surface area contributed by atoms with Crippen LogP contribution in [0.15, 0.2) is 53.7 Å². The van der Waals surface area contributed by atoms with E-state index >= 15 is 0 Å². The molecule has 0 radical (unpaired) electrons. The van der Waals surface area contributed by atoms with Gasteiger partial charge in [0, 0.05) is 18.5 Å². The molecule has 2 aromatic rings. The highest BCUT2D eigenvalue weighted by molar-refractivity contribution is 6.06. The molecule has 0 aliphatic carbocycles. The number of methoxy groups -OCH3 is 2. The van der Waals surface area contributed by atoms with Crippen LogP contribution in [0.25, 0.3) is 0 Å². The lowest BCUT2D eigenvalue weighted by Crippen LogP contribution is -2.34. The molecule has 1 atom stereocenters. The first-order valence-corrected chi connectivity index (χ1v) is 7.98. The summed E-state index contributed by atoms with van der Waals surface area (Å²) in [5.41, 5.74) is 2.46. The SMILES string of the molecule is COc1ccc(OC)c(C2=NO[C@H](C(=O)NCc3ccccc3)C2)c1. The number of ether oxygens (including phenoxy) is 2. The number of amides is 1.